The van der Waals surface area contributed by atoms with Gasteiger partial charge in [-0.2, -0.15) is 5.10 Å². The third-order valence-electron chi connectivity index (χ3n) is 2.81. The molecule has 0 aliphatic carbocycles. The van der Waals surface area contributed by atoms with Gasteiger partial charge in [0.2, 0.25) is 5.91 Å². The number of nitrogens with one attached hydrogen (secondary N) is 2. The first-order valence-electron chi connectivity index (χ1n) is 6.27. The molecule has 0 unspecified atom stereocenters. The first-order valence-corrected chi connectivity index (χ1v) is 7.42. The highest BCUT2D eigenvalue weighted by Crippen LogP contribution is 2.19. The zero-order valence-electron chi connectivity index (χ0n) is 11.5. The van der Waals surface area contributed by atoms with E-state index in [0.717, 1.165) is 28.6 Å². The maximum absolute atomic E-state index is 11.7. The van der Waals surface area contributed by atoms with Crippen molar-refractivity contribution in [2.75, 3.05) is 12.3 Å². The van der Waals surface area contributed by atoms with Crippen molar-refractivity contribution in [1.29, 1.82) is 0 Å². The molecule has 0 radical (unpaired) electrons. The number of carbonyl (C=O) groups is 1. The number of aromatic nitrogens is 4. The molecule has 2 rings (SSSR count). The molecule has 0 aliphatic rings. The molecular formula is C12H17N5O2S. The fraction of sp³-hybridized carbons (Fsp3) is 0.500. The molecule has 108 valence electrons. The fourth-order valence-electron chi connectivity index (χ4n) is 1.68. The van der Waals surface area contributed by atoms with Crippen molar-refractivity contribution in [3.05, 3.63) is 29.2 Å². The molecule has 0 aromatic carbocycles. The first kappa shape index (κ1) is 14.6. The summed E-state index contributed by atoms with van der Waals surface area (Å²) < 4.78 is 5.08. The Balaban J connectivity index is 1.63. The minimum atomic E-state index is 0.0151. The standard InChI is InChI=1S/C12H17N5O2S/c1-8-10(9(2)19-17-8)5-20-6-12(18)13-4-3-11-14-7-15-16-11/h7H,3-6H2,1-2H3,(H,13,18)(H,14,15,16). The predicted octanol–water partition coefficient (Wildman–Crippen LogP) is 1.00. The van der Waals surface area contributed by atoms with Gasteiger partial charge < -0.3 is 9.84 Å². The molecule has 20 heavy (non-hydrogen) atoms. The van der Waals surface area contributed by atoms with E-state index in [2.05, 4.69) is 25.7 Å². The lowest BCUT2D eigenvalue weighted by atomic mass is 10.2. The minimum absolute atomic E-state index is 0.0151. The van der Waals surface area contributed by atoms with Crippen molar-refractivity contribution in [2.45, 2.75) is 26.0 Å². The molecule has 2 N–H and O–H groups in total. The molecule has 0 fully saturated rings. The lowest BCUT2D eigenvalue weighted by molar-refractivity contribution is -0.118. The zero-order chi connectivity index (χ0) is 14.4. The molecule has 0 spiro atoms. The summed E-state index contributed by atoms with van der Waals surface area (Å²) in [6.07, 6.45) is 2.11. The van der Waals surface area contributed by atoms with Gasteiger partial charge in [-0.1, -0.05) is 5.16 Å². The number of carbonyl (C=O) groups excluding carboxylic acids is 1. The van der Waals surface area contributed by atoms with E-state index in [1.165, 1.54) is 6.33 Å². The lowest BCUT2D eigenvalue weighted by Gasteiger charge is -2.04. The van der Waals surface area contributed by atoms with Crippen LogP contribution in [0.15, 0.2) is 10.9 Å². The lowest BCUT2D eigenvalue weighted by Crippen LogP contribution is -2.27. The van der Waals surface area contributed by atoms with Crippen LogP contribution in [0.3, 0.4) is 0 Å². The Morgan fingerprint density at radius 3 is 3.00 bits per heavy atom. The van der Waals surface area contributed by atoms with Crippen LogP contribution in [0.25, 0.3) is 0 Å². The fourth-order valence-corrected chi connectivity index (χ4v) is 2.68. The summed E-state index contributed by atoms with van der Waals surface area (Å²) in [4.78, 5) is 15.6. The molecule has 0 saturated carbocycles. The molecule has 0 bridgehead atoms. The average Bonchev–Trinajstić information content (AvgIpc) is 3.03. The highest BCUT2D eigenvalue weighted by Gasteiger charge is 2.10. The van der Waals surface area contributed by atoms with E-state index in [-0.39, 0.29) is 5.91 Å². The van der Waals surface area contributed by atoms with Gasteiger partial charge in [0, 0.05) is 24.3 Å². The van der Waals surface area contributed by atoms with Gasteiger partial charge in [-0.15, -0.1) is 11.8 Å². The summed E-state index contributed by atoms with van der Waals surface area (Å²) in [5.41, 5.74) is 1.96. The number of amides is 1. The molecular weight excluding hydrogens is 278 g/mol. The molecule has 7 nitrogen and oxygen atoms in total. The van der Waals surface area contributed by atoms with E-state index in [1.807, 2.05) is 13.8 Å². The Labute approximate surface area is 120 Å². The quantitative estimate of drug-likeness (QED) is 0.791. The summed E-state index contributed by atoms with van der Waals surface area (Å²) in [7, 11) is 0. The number of hydrogen-bond acceptors (Lipinski definition) is 6. The number of aromatic amines is 1. The second kappa shape index (κ2) is 7.09. The smallest absolute Gasteiger partial charge is 0.230 e. The van der Waals surface area contributed by atoms with Crippen molar-refractivity contribution in [3.63, 3.8) is 0 Å². The Morgan fingerprint density at radius 2 is 2.35 bits per heavy atom. The van der Waals surface area contributed by atoms with Gasteiger partial charge in [-0.3, -0.25) is 9.89 Å². The van der Waals surface area contributed by atoms with Crippen molar-refractivity contribution >= 4 is 17.7 Å². The third kappa shape index (κ3) is 4.09. The highest BCUT2D eigenvalue weighted by atomic mass is 32.2. The largest absolute Gasteiger partial charge is 0.361 e. The molecule has 0 atom stereocenters. The van der Waals surface area contributed by atoms with Crippen LogP contribution in [-0.4, -0.2) is 38.5 Å². The zero-order valence-corrected chi connectivity index (χ0v) is 12.3. The number of aryl methyl sites for hydroxylation is 2. The van der Waals surface area contributed by atoms with Gasteiger partial charge >= 0.3 is 0 Å². The highest BCUT2D eigenvalue weighted by molar-refractivity contribution is 7.99. The first-order chi connectivity index (χ1) is 9.66. The Bertz CT molecular complexity index is 533. The van der Waals surface area contributed by atoms with Crippen molar-refractivity contribution in [2.24, 2.45) is 0 Å². The number of nitrogens with zero attached hydrogens (tertiary/aromatic N) is 3. The van der Waals surface area contributed by atoms with Gasteiger partial charge in [0.15, 0.2) is 0 Å². The molecule has 2 aromatic rings. The van der Waals surface area contributed by atoms with E-state index in [9.17, 15) is 4.79 Å². The maximum atomic E-state index is 11.7. The molecule has 1 amide bonds. The van der Waals surface area contributed by atoms with E-state index in [0.29, 0.717) is 18.7 Å². The molecule has 2 aromatic heterocycles. The van der Waals surface area contributed by atoms with Gasteiger partial charge in [-0.05, 0) is 13.8 Å². The molecule has 8 heteroatoms. The van der Waals surface area contributed by atoms with Crippen LogP contribution in [0, 0.1) is 13.8 Å². The van der Waals surface area contributed by atoms with Crippen LogP contribution in [0.1, 0.15) is 22.8 Å². The van der Waals surface area contributed by atoms with Crippen molar-refractivity contribution in [3.8, 4) is 0 Å². The monoisotopic (exact) mass is 295 g/mol. The summed E-state index contributed by atoms with van der Waals surface area (Å²) in [6.45, 7) is 4.34. The van der Waals surface area contributed by atoms with Crippen LogP contribution in [-0.2, 0) is 17.0 Å². The summed E-state index contributed by atoms with van der Waals surface area (Å²) in [6, 6.07) is 0. The normalized spacial score (nSPS) is 10.7. The number of H-pyrrole nitrogens is 1. The van der Waals surface area contributed by atoms with Gasteiger partial charge in [-0.25, -0.2) is 4.98 Å². The van der Waals surface area contributed by atoms with E-state index in [1.54, 1.807) is 11.8 Å². The average molecular weight is 295 g/mol. The second-order valence-corrected chi connectivity index (χ2v) is 5.31. The van der Waals surface area contributed by atoms with Gasteiger partial charge in [0.1, 0.15) is 17.9 Å². The Kier molecular flexibility index (Phi) is 5.16. The van der Waals surface area contributed by atoms with Gasteiger partial charge in [0.25, 0.3) is 0 Å². The molecule has 0 aliphatic heterocycles. The van der Waals surface area contributed by atoms with Crippen LogP contribution in [0.4, 0.5) is 0 Å². The Hall–Kier alpha value is -1.83. The maximum Gasteiger partial charge on any atom is 0.230 e. The number of thioether (sulfide) groups is 1. The summed E-state index contributed by atoms with van der Waals surface area (Å²) in [5, 5.41) is 13.2. The summed E-state index contributed by atoms with van der Waals surface area (Å²) in [5.74, 6) is 2.76. The van der Waals surface area contributed by atoms with Crippen LogP contribution >= 0.6 is 11.8 Å². The van der Waals surface area contributed by atoms with E-state index >= 15 is 0 Å². The van der Waals surface area contributed by atoms with Crippen molar-refractivity contribution < 1.29 is 9.32 Å². The Morgan fingerprint density at radius 1 is 1.50 bits per heavy atom. The van der Waals surface area contributed by atoms with E-state index in [4.69, 9.17) is 4.52 Å². The minimum Gasteiger partial charge on any atom is -0.361 e. The van der Waals surface area contributed by atoms with E-state index < -0.39 is 0 Å². The molecule has 2 heterocycles. The molecule has 0 saturated heterocycles. The summed E-state index contributed by atoms with van der Waals surface area (Å²) >= 11 is 1.55. The predicted molar refractivity (Wildman–Crippen MR) is 75.2 cm³/mol. The number of rotatable bonds is 7. The third-order valence-corrected chi connectivity index (χ3v) is 3.77. The topological polar surface area (TPSA) is 96.7 Å². The SMILES string of the molecule is Cc1noc(C)c1CSCC(=O)NCCc1ncn[nH]1. The number of hydrogen-bond donors (Lipinski definition) is 2. The van der Waals surface area contributed by atoms with Crippen LogP contribution < -0.4 is 5.32 Å². The van der Waals surface area contributed by atoms with Crippen LogP contribution in [0.2, 0.25) is 0 Å². The van der Waals surface area contributed by atoms with Crippen LogP contribution in [0.5, 0.6) is 0 Å². The van der Waals surface area contributed by atoms with Crippen molar-refractivity contribution in [1.82, 2.24) is 25.7 Å². The van der Waals surface area contributed by atoms with Gasteiger partial charge in [0.05, 0.1) is 11.4 Å². The second-order valence-electron chi connectivity index (χ2n) is 4.33.